The molecule has 2 N–H and O–H groups in total. The number of rotatable bonds is 17. The maximum absolute atomic E-state index is 13.6. The van der Waals surface area contributed by atoms with E-state index in [1.54, 1.807) is 19.1 Å². The minimum Gasteiger partial charge on any atom is -0.481 e. The van der Waals surface area contributed by atoms with Crippen LogP contribution in [0.25, 0.3) is 0 Å². The number of aliphatic carboxylic acids is 2. The number of para-hydroxylation sites is 1. The number of carbonyl (C=O) groups is 3. The van der Waals surface area contributed by atoms with E-state index in [-0.39, 0.29) is 49.1 Å². The van der Waals surface area contributed by atoms with Gasteiger partial charge in [-0.1, -0.05) is 70.5 Å². The summed E-state index contributed by atoms with van der Waals surface area (Å²) in [4.78, 5) is 40.1. The summed E-state index contributed by atoms with van der Waals surface area (Å²) in [6.45, 7) is 16.0. The Balaban J connectivity index is 1.59. The number of nitrogens with zero attached hydrogens (tertiary/aromatic N) is 3. The van der Waals surface area contributed by atoms with Crippen molar-refractivity contribution in [2.24, 2.45) is 5.41 Å². The molecule has 11 nitrogen and oxygen atoms in total. The summed E-state index contributed by atoms with van der Waals surface area (Å²) in [6, 6.07) is 13.5. The molecule has 0 saturated heterocycles. The van der Waals surface area contributed by atoms with E-state index in [2.05, 4.69) is 67.5 Å². The van der Waals surface area contributed by atoms with Crippen LogP contribution in [-0.4, -0.2) is 84.4 Å². The van der Waals surface area contributed by atoms with Crippen molar-refractivity contribution in [3.05, 3.63) is 101 Å². The summed E-state index contributed by atoms with van der Waals surface area (Å²) in [6.07, 6.45) is 12.7. The van der Waals surface area contributed by atoms with E-state index in [4.69, 9.17) is 9.84 Å². The second-order valence-electron chi connectivity index (χ2n) is 16.6. The van der Waals surface area contributed by atoms with E-state index in [1.165, 1.54) is 22.6 Å². The van der Waals surface area contributed by atoms with E-state index in [1.807, 2.05) is 44.2 Å². The molecule has 2 heterocycles. The molecule has 2 aromatic carbocycles. The van der Waals surface area contributed by atoms with Gasteiger partial charge in [0.1, 0.15) is 6.54 Å². The fraction of sp³-hybridized carbons (Fsp3) is 0.478. The lowest BCUT2D eigenvalue weighted by atomic mass is 9.71. The summed E-state index contributed by atoms with van der Waals surface area (Å²) >= 11 is 0. The number of unbranched alkanes of at least 4 members (excludes halogenated alkanes) is 1. The molecule has 0 amide bonds. The number of fused-ring (bicyclic) bond motifs is 2. The lowest BCUT2D eigenvalue weighted by molar-refractivity contribution is -0.438. The van der Waals surface area contributed by atoms with Crippen molar-refractivity contribution in [2.45, 2.75) is 109 Å². The van der Waals surface area contributed by atoms with Gasteiger partial charge in [0, 0.05) is 67.5 Å². The normalized spacial score (nSPS) is 21.2. The minimum absolute atomic E-state index is 0.0257. The van der Waals surface area contributed by atoms with E-state index < -0.39 is 38.8 Å². The Hall–Kier alpha value is -4.81. The first-order valence-corrected chi connectivity index (χ1v) is 21.9. The third-order valence-electron chi connectivity index (χ3n) is 11.8. The highest BCUT2D eigenvalue weighted by molar-refractivity contribution is 7.89. The molecule has 0 fully saturated rings. The van der Waals surface area contributed by atoms with Crippen molar-refractivity contribution in [1.82, 2.24) is 4.31 Å². The Bertz CT molecular complexity index is 2210. The second-order valence-corrected chi connectivity index (χ2v) is 18.7. The minimum atomic E-state index is -3.90. The summed E-state index contributed by atoms with van der Waals surface area (Å²) in [7, 11) is -2.44. The molecule has 2 aliphatic heterocycles. The zero-order valence-corrected chi connectivity index (χ0v) is 36.1. The summed E-state index contributed by atoms with van der Waals surface area (Å²) in [5.74, 6) is -2.99. The Labute approximate surface area is 344 Å². The Morgan fingerprint density at radius 3 is 2.29 bits per heavy atom. The summed E-state index contributed by atoms with van der Waals surface area (Å²) < 4.78 is 36.2. The van der Waals surface area contributed by atoms with Gasteiger partial charge in [-0.15, -0.1) is 0 Å². The SMILES string of the molecule is CCCC[N+]1=C(/C=C/C2=CC(=C/C=C3/N(CCC)c4ccc(S(=O)(=O)N(C)CCCC(=O)O)cc4C3(C)C)/CC(C(=O)O)(C(=O)OCC)C2)C(C)(C)c2ccccc21. The highest BCUT2D eigenvalue weighted by Gasteiger charge is 2.50. The number of benzene rings is 2. The molecule has 12 heteroatoms. The Kier molecular flexibility index (Phi) is 13.4. The maximum Gasteiger partial charge on any atom is 0.324 e. The van der Waals surface area contributed by atoms with Crippen molar-refractivity contribution in [3.8, 4) is 0 Å². The Morgan fingerprint density at radius 2 is 1.64 bits per heavy atom. The number of carbonyl (C=O) groups excluding carboxylic acids is 1. The van der Waals surface area contributed by atoms with Gasteiger partial charge < -0.3 is 19.8 Å². The number of esters is 1. The van der Waals surface area contributed by atoms with E-state index in [9.17, 15) is 27.9 Å². The average molecular weight is 815 g/mol. The number of carboxylic acids is 2. The highest BCUT2D eigenvalue weighted by atomic mass is 32.2. The molecule has 0 spiro atoms. The number of ether oxygens (including phenoxy) is 1. The van der Waals surface area contributed by atoms with Crippen molar-refractivity contribution >= 4 is 45.0 Å². The lowest BCUT2D eigenvalue weighted by Crippen LogP contribution is -2.42. The lowest BCUT2D eigenvalue weighted by Gasteiger charge is -2.32. The van der Waals surface area contributed by atoms with Crippen LogP contribution in [0, 0.1) is 5.41 Å². The Morgan fingerprint density at radius 1 is 0.914 bits per heavy atom. The van der Waals surface area contributed by atoms with Crippen molar-refractivity contribution < 1.29 is 42.3 Å². The molecule has 0 radical (unpaired) electrons. The van der Waals surface area contributed by atoms with Crippen molar-refractivity contribution in [3.63, 3.8) is 0 Å². The molecule has 3 aliphatic rings. The van der Waals surface area contributed by atoms with Crippen LogP contribution in [0.2, 0.25) is 0 Å². The molecule has 58 heavy (non-hydrogen) atoms. The number of anilines is 1. The zero-order chi connectivity index (χ0) is 42.6. The van der Waals surface area contributed by atoms with Crippen LogP contribution in [0.5, 0.6) is 0 Å². The maximum atomic E-state index is 13.6. The predicted molar refractivity (Wildman–Crippen MR) is 227 cm³/mol. The molecule has 0 aromatic heterocycles. The largest absolute Gasteiger partial charge is 0.481 e. The average Bonchev–Trinajstić information content (AvgIpc) is 3.52. The fourth-order valence-corrected chi connectivity index (χ4v) is 9.80. The van der Waals surface area contributed by atoms with Gasteiger partial charge in [-0.25, -0.2) is 12.7 Å². The molecule has 1 unspecified atom stereocenters. The quantitative estimate of drug-likeness (QED) is 0.0916. The molecule has 2 aromatic rings. The van der Waals surface area contributed by atoms with Gasteiger partial charge in [-0.05, 0) is 87.4 Å². The molecule has 0 saturated carbocycles. The summed E-state index contributed by atoms with van der Waals surface area (Å²) in [5.41, 5.74) is 4.68. The van der Waals surface area contributed by atoms with E-state index in [0.29, 0.717) is 17.7 Å². The van der Waals surface area contributed by atoms with Gasteiger partial charge in [0.05, 0.1) is 16.9 Å². The number of sulfonamides is 1. The summed E-state index contributed by atoms with van der Waals surface area (Å²) in [5, 5.41) is 19.8. The highest BCUT2D eigenvalue weighted by Crippen LogP contribution is 2.49. The van der Waals surface area contributed by atoms with Crippen molar-refractivity contribution in [1.29, 1.82) is 0 Å². The molecule has 1 atom stereocenters. The smallest absolute Gasteiger partial charge is 0.324 e. The zero-order valence-electron chi connectivity index (χ0n) is 35.3. The van der Waals surface area contributed by atoms with Gasteiger partial charge >= 0.3 is 17.9 Å². The van der Waals surface area contributed by atoms with Gasteiger partial charge in [-0.2, -0.15) is 4.58 Å². The van der Waals surface area contributed by atoms with Crippen LogP contribution in [0.15, 0.2) is 94.6 Å². The third-order valence-corrected chi connectivity index (χ3v) is 13.6. The standard InChI is InChI=1S/C46H59N3O8S/c1-9-12-27-49-37-17-14-13-16-35(37)44(4,5)39(49)23-19-32-28-33(31-46(30-32,42(52)53)43(54)57-11-3)20-24-40-45(6,7)36-29-34(21-22-38(36)48(40)25-10-2)58(55,56)47(8)26-15-18-41(50)51/h13-14,16-17,19-24,28-29H,9-12,15,18,25-27,30-31H2,1-8H3,(H-,50,51,52,53)/p+1. The number of hydrogen-bond donors (Lipinski definition) is 2. The predicted octanol–water partition coefficient (Wildman–Crippen LogP) is 8.28. The van der Waals surface area contributed by atoms with Crippen LogP contribution in [-0.2, 0) is 40.0 Å². The van der Waals surface area contributed by atoms with Gasteiger partial charge in [0.15, 0.2) is 11.1 Å². The van der Waals surface area contributed by atoms with Gasteiger partial charge in [0.2, 0.25) is 15.7 Å². The first-order valence-electron chi connectivity index (χ1n) is 20.4. The van der Waals surface area contributed by atoms with Crippen LogP contribution in [0.1, 0.15) is 105 Å². The van der Waals surface area contributed by atoms with Crippen LogP contribution in [0.3, 0.4) is 0 Å². The van der Waals surface area contributed by atoms with Crippen molar-refractivity contribution in [2.75, 3.05) is 38.2 Å². The van der Waals surface area contributed by atoms with Crippen LogP contribution >= 0.6 is 0 Å². The monoisotopic (exact) mass is 814 g/mol. The fourth-order valence-electron chi connectivity index (χ4n) is 8.57. The second kappa shape index (κ2) is 17.6. The number of allylic oxidation sites excluding steroid dienone is 8. The number of hydrogen-bond acceptors (Lipinski definition) is 7. The first-order chi connectivity index (χ1) is 27.4. The molecule has 1 aliphatic carbocycles. The third kappa shape index (κ3) is 8.50. The topological polar surface area (TPSA) is 145 Å². The number of carboxylic acid groups (broad SMARTS) is 2. The van der Waals surface area contributed by atoms with E-state index in [0.717, 1.165) is 48.5 Å². The van der Waals surface area contributed by atoms with Gasteiger partial charge in [-0.3, -0.25) is 14.4 Å². The van der Waals surface area contributed by atoms with Crippen LogP contribution < -0.4 is 4.90 Å². The molecular formula is C46H60N3O8S+. The first kappa shape index (κ1) is 44.3. The molecular weight excluding hydrogens is 755 g/mol. The van der Waals surface area contributed by atoms with E-state index >= 15 is 0 Å². The molecule has 0 bridgehead atoms. The molecule has 5 rings (SSSR count). The molecule has 312 valence electrons. The van der Waals surface area contributed by atoms with Crippen LogP contribution in [0.4, 0.5) is 11.4 Å². The van der Waals surface area contributed by atoms with Gasteiger partial charge in [0.25, 0.3) is 0 Å².